The van der Waals surface area contributed by atoms with Crippen molar-refractivity contribution in [3.63, 3.8) is 0 Å². The zero-order chi connectivity index (χ0) is 13.0. The Morgan fingerprint density at radius 3 is 3.00 bits per heavy atom. The zero-order valence-corrected chi connectivity index (χ0v) is 10.7. The van der Waals surface area contributed by atoms with Crippen LogP contribution >= 0.6 is 0 Å². The number of aliphatic hydroxyl groups is 1. The Labute approximate surface area is 107 Å². The van der Waals surface area contributed by atoms with Crippen LogP contribution in [0.25, 0.3) is 0 Å². The molecule has 1 aliphatic rings. The number of hydrogen-bond acceptors (Lipinski definition) is 4. The Bertz CT molecular complexity index is 375. The lowest BCUT2D eigenvalue weighted by Crippen LogP contribution is -2.35. The van der Waals surface area contributed by atoms with Crippen LogP contribution in [0.1, 0.15) is 25.7 Å². The number of likely N-dealkylation sites (N-methyl/N-ethyl adjacent to an activating group) is 1. The Morgan fingerprint density at radius 2 is 2.39 bits per heavy atom. The largest absolute Gasteiger partial charge is 0.391 e. The molecular formula is C12H20N4O2. The molecule has 0 aliphatic heterocycles. The summed E-state index contributed by atoms with van der Waals surface area (Å²) in [5, 5.41) is 17.3. The molecular weight excluding hydrogens is 232 g/mol. The maximum atomic E-state index is 11.8. The van der Waals surface area contributed by atoms with Crippen LogP contribution in [-0.2, 0) is 11.3 Å². The third kappa shape index (κ3) is 3.80. The normalized spacial score (nSPS) is 16.6. The van der Waals surface area contributed by atoms with Crippen molar-refractivity contribution in [2.24, 2.45) is 5.92 Å². The van der Waals surface area contributed by atoms with Crippen LogP contribution in [0.15, 0.2) is 12.4 Å². The van der Waals surface area contributed by atoms with E-state index in [1.54, 1.807) is 29.0 Å². The van der Waals surface area contributed by atoms with Crippen LogP contribution in [0.4, 0.5) is 0 Å². The molecule has 1 aromatic heterocycles. The van der Waals surface area contributed by atoms with Crippen LogP contribution < -0.4 is 0 Å². The van der Waals surface area contributed by atoms with Crippen molar-refractivity contribution in [3.8, 4) is 0 Å². The quantitative estimate of drug-likeness (QED) is 0.757. The summed E-state index contributed by atoms with van der Waals surface area (Å²) in [4.78, 5) is 13.4. The fraction of sp³-hybridized carbons (Fsp3) is 0.750. The number of aromatic nitrogens is 3. The molecule has 1 heterocycles. The van der Waals surface area contributed by atoms with E-state index >= 15 is 0 Å². The minimum absolute atomic E-state index is 0.0785. The predicted octanol–water partition coefficient (Wildman–Crippen LogP) is 0.288. The second kappa shape index (κ2) is 5.95. The first-order valence-electron chi connectivity index (χ1n) is 6.43. The van der Waals surface area contributed by atoms with Gasteiger partial charge in [-0.25, -0.2) is 0 Å². The van der Waals surface area contributed by atoms with E-state index in [1.165, 1.54) is 0 Å². The highest BCUT2D eigenvalue weighted by molar-refractivity contribution is 5.75. The van der Waals surface area contributed by atoms with Crippen molar-refractivity contribution < 1.29 is 9.90 Å². The van der Waals surface area contributed by atoms with Gasteiger partial charge in [0.1, 0.15) is 0 Å². The Morgan fingerprint density at radius 1 is 1.61 bits per heavy atom. The van der Waals surface area contributed by atoms with E-state index in [2.05, 4.69) is 10.3 Å². The molecule has 100 valence electrons. The fourth-order valence-electron chi connectivity index (χ4n) is 1.95. The third-order valence-electron chi connectivity index (χ3n) is 3.30. The van der Waals surface area contributed by atoms with Gasteiger partial charge in [-0.15, -0.1) is 5.10 Å². The van der Waals surface area contributed by atoms with Gasteiger partial charge in [-0.05, 0) is 25.2 Å². The standard InChI is InChI=1S/C12H20N4O2/c1-15(9-11(17)10-4-5-10)12(18)3-2-7-16-8-6-13-14-16/h6,8,10-11,17H,2-5,7,9H2,1H3. The van der Waals surface area contributed by atoms with E-state index in [0.29, 0.717) is 25.4 Å². The fourth-order valence-corrected chi connectivity index (χ4v) is 1.95. The number of amides is 1. The molecule has 6 heteroatoms. The summed E-state index contributed by atoms with van der Waals surface area (Å²) in [5.74, 6) is 0.491. The molecule has 1 unspecified atom stereocenters. The third-order valence-corrected chi connectivity index (χ3v) is 3.30. The summed E-state index contributed by atoms with van der Waals surface area (Å²) >= 11 is 0. The average Bonchev–Trinajstić information content (AvgIpc) is 3.08. The first-order chi connectivity index (χ1) is 8.66. The van der Waals surface area contributed by atoms with E-state index in [0.717, 1.165) is 19.3 Å². The highest BCUT2D eigenvalue weighted by Crippen LogP contribution is 2.32. The number of aliphatic hydroxyl groups excluding tert-OH is 1. The minimum atomic E-state index is -0.353. The molecule has 2 rings (SSSR count). The van der Waals surface area contributed by atoms with Crippen LogP contribution in [0.5, 0.6) is 0 Å². The van der Waals surface area contributed by atoms with Crippen molar-refractivity contribution in [2.75, 3.05) is 13.6 Å². The number of carbonyl (C=O) groups excluding carboxylic acids is 1. The van der Waals surface area contributed by atoms with Gasteiger partial charge < -0.3 is 10.0 Å². The summed E-state index contributed by atoms with van der Waals surface area (Å²) in [5.41, 5.74) is 0. The first-order valence-corrected chi connectivity index (χ1v) is 6.43. The molecule has 18 heavy (non-hydrogen) atoms. The van der Waals surface area contributed by atoms with Gasteiger partial charge in [-0.1, -0.05) is 5.21 Å². The maximum Gasteiger partial charge on any atom is 0.222 e. The smallest absolute Gasteiger partial charge is 0.222 e. The molecule has 0 radical (unpaired) electrons. The van der Waals surface area contributed by atoms with E-state index < -0.39 is 0 Å². The molecule has 1 saturated carbocycles. The summed E-state index contributed by atoms with van der Waals surface area (Å²) in [6.45, 7) is 1.15. The van der Waals surface area contributed by atoms with Gasteiger partial charge in [-0.2, -0.15) is 0 Å². The van der Waals surface area contributed by atoms with Gasteiger partial charge in [0.05, 0.1) is 12.3 Å². The average molecular weight is 252 g/mol. The second-order valence-corrected chi connectivity index (χ2v) is 4.95. The predicted molar refractivity (Wildman–Crippen MR) is 65.6 cm³/mol. The van der Waals surface area contributed by atoms with Gasteiger partial charge in [0.15, 0.2) is 0 Å². The second-order valence-electron chi connectivity index (χ2n) is 4.95. The lowest BCUT2D eigenvalue weighted by atomic mass is 10.2. The summed E-state index contributed by atoms with van der Waals surface area (Å²) in [6, 6.07) is 0. The molecule has 0 saturated heterocycles. The number of aryl methyl sites for hydroxylation is 1. The highest BCUT2D eigenvalue weighted by Gasteiger charge is 2.30. The van der Waals surface area contributed by atoms with Gasteiger partial charge in [0.2, 0.25) is 5.91 Å². The molecule has 1 aromatic rings. The summed E-state index contributed by atoms with van der Waals surface area (Å²) < 4.78 is 1.71. The zero-order valence-electron chi connectivity index (χ0n) is 10.7. The number of rotatable bonds is 7. The maximum absolute atomic E-state index is 11.8. The van der Waals surface area contributed by atoms with Crippen LogP contribution in [-0.4, -0.2) is 50.6 Å². The van der Waals surface area contributed by atoms with Crippen molar-refractivity contribution in [3.05, 3.63) is 12.4 Å². The van der Waals surface area contributed by atoms with Crippen molar-refractivity contribution >= 4 is 5.91 Å². The van der Waals surface area contributed by atoms with Crippen LogP contribution in [0.3, 0.4) is 0 Å². The van der Waals surface area contributed by atoms with Crippen molar-refractivity contribution in [1.29, 1.82) is 0 Å². The Kier molecular flexibility index (Phi) is 4.30. The SMILES string of the molecule is CN(CC(O)C1CC1)C(=O)CCCn1ccnn1. The van der Waals surface area contributed by atoms with Gasteiger partial charge >= 0.3 is 0 Å². The Balaban J connectivity index is 1.63. The van der Waals surface area contributed by atoms with Crippen molar-refractivity contribution in [1.82, 2.24) is 19.9 Å². The highest BCUT2D eigenvalue weighted by atomic mass is 16.3. The molecule has 1 N–H and O–H groups in total. The van der Waals surface area contributed by atoms with E-state index in [1.807, 2.05) is 0 Å². The molecule has 0 aromatic carbocycles. The van der Waals surface area contributed by atoms with Gasteiger partial charge in [-0.3, -0.25) is 9.48 Å². The molecule has 1 fully saturated rings. The van der Waals surface area contributed by atoms with Crippen molar-refractivity contribution in [2.45, 2.75) is 38.3 Å². The summed E-state index contributed by atoms with van der Waals surface area (Å²) in [7, 11) is 1.75. The monoisotopic (exact) mass is 252 g/mol. The van der Waals surface area contributed by atoms with E-state index in [9.17, 15) is 9.90 Å². The molecule has 1 aliphatic carbocycles. The molecule has 0 bridgehead atoms. The van der Waals surface area contributed by atoms with Gasteiger partial charge in [0.25, 0.3) is 0 Å². The number of nitrogens with zero attached hydrogens (tertiary/aromatic N) is 4. The van der Waals surface area contributed by atoms with Gasteiger partial charge in [0, 0.05) is 32.8 Å². The van der Waals surface area contributed by atoms with E-state index in [4.69, 9.17) is 0 Å². The number of hydrogen-bond donors (Lipinski definition) is 1. The first kappa shape index (κ1) is 13.0. The molecule has 6 nitrogen and oxygen atoms in total. The number of carbonyl (C=O) groups is 1. The van der Waals surface area contributed by atoms with E-state index in [-0.39, 0.29) is 12.0 Å². The minimum Gasteiger partial charge on any atom is -0.391 e. The Hall–Kier alpha value is -1.43. The summed E-state index contributed by atoms with van der Waals surface area (Å²) in [6.07, 6.45) is 6.46. The molecule has 1 atom stereocenters. The topological polar surface area (TPSA) is 71.2 Å². The van der Waals surface area contributed by atoms with Crippen LogP contribution in [0, 0.1) is 5.92 Å². The van der Waals surface area contributed by atoms with Crippen LogP contribution in [0.2, 0.25) is 0 Å². The molecule has 1 amide bonds. The lowest BCUT2D eigenvalue weighted by Gasteiger charge is -2.20. The molecule has 0 spiro atoms. The lowest BCUT2D eigenvalue weighted by molar-refractivity contribution is -0.131.